The predicted octanol–water partition coefficient (Wildman–Crippen LogP) is 4.20. The summed E-state index contributed by atoms with van der Waals surface area (Å²) < 4.78 is 0. The molecule has 30 heavy (non-hydrogen) atoms. The van der Waals surface area contributed by atoms with Gasteiger partial charge in [0.1, 0.15) is 0 Å². The number of amides is 1. The highest BCUT2D eigenvalue weighted by molar-refractivity contribution is 5.93. The van der Waals surface area contributed by atoms with Crippen LogP contribution in [-0.2, 0) is 4.79 Å². The molecule has 0 unspecified atom stereocenters. The molecule has 3 rings (SSSR count). The highest BCUT2D eigenvalue weighted by Crippen LogP contribution is 2.38. The number of fused-ring (bicyclic) bond motifs is 1. The molecular weight excluding hydrogens is 382 g/mol. The van der Waals surface area contributed by atoms with Crippen LogP contribution in [0, 0.1) is 16.0 Å². The van der Waals surface area contributed by atoms with Gasteiger partial charge in [-0.2, -0.15) is 0 Å². The summed E-state index contributed by atoms with van der Waals surface area (Å²) in [5.41, 5.74) is 1.72. The van der Waals surface area contributed by atoms with E-state index >= 15 is 0 Å². The number of nitro benzene ring substituents is 1. The summed E-state index contributed by atoms with van der Waals surface area (Å²) in [5, 5.41) is 27.9. The first-order valence-electron chi connectivity index (χ1n) is 9.84. The van der Waals surface area contributed by atoms with Crippen LogP contribution in [0.15, 0.2) is 48.7 Å². The van der Waals surface area contributed by atoms with Crippen LogP contribution in [0.25, 0.3) is 10.9 Å². The Balaban J connectivity index is 2.22. The van der Waals surface area contributed by atoms with E-state index in [1.54, 1.807) is 19.9 Å². The third-order valence-corrected chi connectivity index (χ3v) is 5.11. The van der Waals surface area contributed by atoms with Gasteiger partial charge in [-0.05, 0) is 34.7 Å². The second-order valence-electron chi connectivity index (χ2n) is 7.89. The number of aromatic nitrogens is 1. The lowest BCUT2D eigenvalue weighted by Crippen LogP contribution is -2.33. The van der Waals surface area contributed by atoms with Crippen LogP contribution < -0.4 is 10.4 Å². The number of carbonyl (C=O) groups is 1. The van der Waals surface area contributed by atoms with Gasteiger partial charge < -0.3 is 10.4 Å². The smallest absolute Gasteiger partial charge is 0.279 e. The topological polar surface area (TPSA) is 108 Å². The van der Waals surface area contributed by atoms with Gasteiger partial charge in [0.05, 0.1) is 21.9 Å². The van der Waals surface area contributed by atoms with Crippen molar-refractivity contribution in [2.24, 2.45) is 5.92 Å². The van der Waals surface area contributed by atoms with E-state index in [1.807, 2.05) is 24.3 Å². The van der Waals surface area contributed by atoms with Crippen molar-refractivity contribution in [3.05, 3.63) is 75.5 Å². The van der Waals surface area contributed by atoms with Crippen LogP contribution in [0.3, 0.4) is 0 Å². The van der Waals surface area contributed by atoms with Crippen molar-refractivity contribution in [1.82, 2.24) is 10.3 Å². The van der Waals surface area contributed by atoms with E-state index in [0.29, 0.717) is 11.5 Å². The summed E-state index contributed by atoms with van der Waals surface area (Å²) in [7, 11) is 0. The number of pyridine rings is 1. The van der Waals surface area contributed by atoms with Gasteiger partial charge in [0, 0.05) is 18.2 Å². The van der Waals surface area contributed by atoms with Gasteiger partial charge in [-0.3, -0.25) is 19.9 Å². The first kappa shape index (κ1) is 21.2. The van der Waals surface area contributed by atoms with Crippen molar-refractivity contribution in [2.45, 2.75) is 39.7 Å². The quantitative estimate of drug-likeness (QED) is 0.487. The third kappa shape index (κ3) is 4.10. The number of nitro groups is 1. The molecule has 0 saturated carbocycles. The molecule has 2 aromatic carbocycles. The lowest BCUT2D eigenvalue weighted by Gasteiger charge is -2.26. The molecule has 3 aromatic rings. The minimum absolute atomic E-state index is 0.0179. The molecule has 1 heterocycles. The van der Waals surface area contributed by atoms with Crippen LogP contribution in [0.2, 0.25) is 0 Å². The highest BCUT2D eigenvalue weighted by atomic mass is 16.6. The monoisotopic (exact) mass is 406 g/mol. The maximum absolute atomic E-state index is 13.2. The zero-order chi connectivity index (χ0) is 22.0. The molecule has 0 fully saturated rings. The minimum atomic E-state index is -0.821. The molecule has 0 saturated heterocycles. The summed E-state index contributed by atoms with van der Waals surface area (Å²) in [6, 6.07) is 11.1. The van der Waals surface area contributed by atoms with Crippen molar-refractivity contribution in [3.8, 4) is 5.75 Å². The molecule has 0 bridgehead atoms. The van der Waals surface area contributed by atoms with Gasteiger partial charge in [-0.15, -0.1) is 0 Å². The van der Waals surface area contributed by atoms with Crippen LogP contribution in [0.1, 0.15) is 56.3 Å². The van der Waals surface area contributed by atoms with Crippen LogP contribution >= 0.6 is 0 Å². The summed E-state index contributed by atoms with van der Waals surface area (Å²) in [5.74, 6) is -0.677. The largest absolute Gasteiger partial charge is 0.871 e. The Bertz CT molecular complexity index is 1090. The zero-order valence-corrected chi connectivity index (χ0v) is 17.4. The zero-order valence-electron chi connectivity index (χ0n) is 17.4. The van der Waals surface area contributed by atoms with Gasteiger partial charge in [0.15, 0.2) is 0 Å². The third-order valence-electron chi connectivity index (χ3n) is 5.11. The molecule has 0 spiro atoms. The van der Waals surface area contributed by atoms with Crippen molar-refractivity contribution in [3.63, 3.8) is 0 Å². The van der Waals surface area contributed by atoms with Crippen molar-refractivity contribution < 1.29 is 14.8 Å². The Morgan fingerprint density at radius 1 is 1.07 bits per heavy atom. The highest BCUT2D eigenvalue weighted by Gasteiger charge is 2.24. The van der Waals surface area contributed by atoms with Gasteiger partial charge in [0.2, 0.25) is 5.91 Å². The first-order valence-corrected chi connectivity index (χ1v) is 9.84. The molecule has 0 aliphatic heterocycles. The molecular formula is C23H24N3O4-. The van der Waals surface area contributed by atoms with Crippen LogP contribution in [0.5, 0.6) is 5.75 Å². The van der Waals surface area contributed by atoms with Gasteiger partial charge in [-0.25, -0.2) is 0 Å². The fourth-order valence-corrected chi connectivity index (χ4v) is 3.31. The van der Waals surface area contributed by atoms with Crippen molar-refractivity contribution in [1.29, 1.82) is 0 Å². The van der Waals surface area contributed by atoms with Gasteiger partial charge >= 0.3 is 0 Å². The van der Waals surface area contributed by atoms with Gasteiger partial charge in [0.25, 0.3) is 5.69 Å². The lowest BCUT2D eigenvalue weighted by molar-refractivity contribution is -0.383. The standard InChI is InChI=1S/C23H25N3O4/c1-13(2)15-7-9-16(10-8-15)20(25-23(28)14(3)4)18-12-19(26(29)30)17-6-5-11-24-21(17)22(18)27/h5-14,20,27H,1-4H3,(H,25,28)/p-1/t20-/m0/s1. The second kappa shape index (κ2) is 8.49. The Morgan fingerprint density at radius 3 is 2.27 bits per heavy atom. The maximum Gasteiger partial charge on any atom is 0.279 e. The fourth-order valence-electron chi connectivity index (χ4n) is 3.31. The lowest BCUT2D eigenvalue weighted by atomic mass is 9.93. The number of rotatable bonds is 6. The van der Waals surface area contributed by atoms with E-state index in [4.69, 9.17) is 0 Å². The molecule has 156 valence electrons. The molecule has 7 nitrogen and oxygen atoms in total. The van der Waals surface area contributed by atoms with E-state index < -0.39 is 16.7 Å². The average Bonchev–Trinajstić information content (AvgIpc) is 2.72. The maximum atomic E-state index is 13.2. The predicted molar refractivity (Wildman–Crippen MR) is 113 cm³/mol. The van der Waals surface area contributed by atoms with E-state index in [1.165, 1.54) is 18.3 Å². The normalized spacial score (nSPS) is 12.3. The van der Waals surface area contributed by atoms with Gasteiger partial charge in [-0.1, -0.05) is 57.7 Å². The van der Waals surface area contributed by atoms with Crippen molar-refractivity contribution >= 4 is 22.5 Å². The van der Waals surface area contributed by atoms with E-state index in [2.05, 4.69) is 24.1 Å². The number of hydrogen-bond donors (Lipinski definition) is 1. The molecule has 7 heteroatoms. The number of nitrogens with zero attached hydrogens (tertiary/aromatic N) is 2. The average molecular weight is 406 g/mol. The molecule has 1 amide bonds. The Hall–Kier alpha value is -3.48. The second-order valence-corrected chi connectivity index (χ2v) is 7.89. The van der Waals surface area contributed by atoms with E-state index in [9.17, 15) is 20.0 Å². The number of benzene rings is 2. The number of non-ortho nitro benzene ring substituents is 1. The molecule has 0 radical (unpaired) electrons. The van der Waals surface area contributed by atoms with E-state index in [-0.39, 0.29) is 34.0 Å². The Labute approximate surface area is 174 Å². The van der Waals surface area contributed by atoms with Crippen molar-refractivity contribution in [2.75, 3.05) is 0 Å². The molecule has 1 aromatic heterocycles. The Kier molecular flexibility index (Phi) is 6.01. The fraction of sp³-hybridized carbons (Fsp3) is 0.304. The summed E-state index contributed by atoms with van der Waals surface area (Å²) >= 11 is 0. The molecule has 0 aliphatic carbocycles. The summed E-state index contributed by atoms with van der Waals surface area (Å²) in [6.45, 7) is 7.63. The number of hydrogen-bond acceptors (Lipinski definition) is 5. The summed E-state index contributed by atoms with van der Waals surface area (Å²) in [4.78, 5) is 27.7. The SMILES string of the molecule is CC(C)C(=O)N[C@@H](c1ccc(C(C)C)cc1)c1cc([N+](=O)[O-])c2cccnc2c1[O-]. The molecule has 0 aliphatic rings. The van der Waals surface area contributed by atoms with Crippen LogP contribution in [0.4, 0.5) is 5.69 Å². The molecule has 1 atom stereocenters. The Morgan fingerprint density at radius 2 is 1.70 bits per heavy atom. The molecule has 1 N–H and O–H groups in total. The van der Waals surface area contributed by atoms with Crippen LogP contribution in [-0.4, -0.2) is 15.8 Å². The first-order chi connectivity index (χ1) is 14.2. The number of nitrogens with one attached hydrogen (secondary N) is 1. The number of carbonyl (C=O) groups excluding carboxylic acids is 1. The van der Waals surface area contributed by atoms with E-state index in [0.717, 1.165) is 5.56 Å². The minimum Gasteiger partial charge on any atom is -0.871 e. The summed E-state index contributed by atoms with van der Waals surface area (Å²) in [6.07, 6.45) is 1.43.